The Morgan fingerprint density at radius 1 is 0.900 bits per heavy atom. The van der Waals surface area contributed by atoms with Gasteiger partial charge >= 0.3 is 0 Å². The van der Waals surface area contributed by atoms with Crippen molar-refractivity contribution in [1.82, 2.24) is 30.1 Å². The molecular formula is C22H13FN6S. The number of nitrogens with zero attached hydrogens (tertiary/aromatic N) is 4. The molecule has 2 N–H and O–H groups in total. The zero-order valence-electron chi connectivity index (χ0n) is 15.4. The lowest BCUT2D eigenvalue weighted by Gasteiger charge is -2.01. The highest BCUT2D eigenvalue weighted by atomic mass is 32.1. The molecular weight excluding hydrogens is 399 g/mol. The molecule has 0 radical (unpaired) electrons. The number of imidazole rings is 1. The number of halogens is 1. The fourth-order valence-electron chi connectivity index (χ4n) is 3.58. The monoisotopic (exact) mass is 412 g/mol. The third-order valence-electron chi connectivity index (χ3n) is 4.99. The van der Waals surface area contributed by atoms with Crippen molar-refractivity contribution >= 4 is 33.3 Å². The second-order valence-electron chi connectivity index (χ2n) is 6.82. The maximum Gasteiger partial charge on any atom is 0.177 e. The quantitative estimate of drug-likeness (QED) is 0.406. The molecule has 5 heterocycles. The average Bonchev–Trinajstić information content (AvgIpc) is 3.51. The minimum atomic E-state index is -0.249. The van der Waals surface area contributed by atoms with Gasteiger partial charge in [0.15, 0.2) is 11.0 Å². The Bertz CT molecular complexity index is 1520. The van der Waals surface area contributed by atoms with E-state index >= 15 is 0 Å². The largest absolute Gasteiger partial charge is 0.336 e. The summed E-state index contributed by atoms with van der Waals surface area (Å²) in [5, 5.41) is 8.26. The van der Waals surface area contributed by atoms with Crippen molar-refractivity contribution in [2.45, 2.75) is 0 Å². The Labute approximate surface area is 173 Å². The topological polar surface area (TPSA) is 83.1 Å². The van der Waals surface area contributed by atoms with Gasteiger partial charge in [-0.3, -0.25) is 15.1 Å². The van der Waals surface area contributed by atoms with Gasteiger partial charge in [-0.1, -0.05) is 12.1 Å². The molecule has 0 saturated heterocycles. The summed E-state index contributed by atoms with van der Waals surface area (Å²) in [6, 6.07) is 15.1. The Morgan fingerprint density at radius 2 is 1.87 bits per heavy atom. The molecule has 8 heteroatoms. The SMILES string of the molecule is Fc1ccc(-c2nccc3[nH]c(-c4n[nH]c5ccc(-c6cccnc6)cc45)nc23)s1. The highest BCUT2D eigenvalue weighted by Gasteiger charge is 2.17. The normalized spacial score (nSPS) is 11.5. The molecule has 0 amide bonds. The number of hydrogen-bond acceptors (Lipinski definition) is 5. The summed E-state index contributed by atoms with van der Waals surface area (Å²) >= 11 is 1.05. The van der Waals surface area contributed by atoms with Crippen molar-refractivity contribution in [3.8, 4) is 33.2 Å². The molecule has 0 atom stereocenters. The molecule has 0 spiro atoms. The second-order valence-corrected chi connectivity index (χ2v) is 7.85. The first-order valence-corrected chi connectivity index (χ1v) is 10.1. The number of H-pyrrole nitrogens is 2. The number of pyridine rings is 2. The summed E-state index contributed by atoms with van der Waals surface area (Å²) in [6.07, 6.45) is 5.28. The van der Waals surface area contributed by atoms with Crippen molar-refractivity contribution in [3.63, 3.8) is 0 Å². The fraction of sp³-hybridized carbons (Fsp3) is 0. The van der Waals surface area contributed by atoms with Gasteiger partial charge < -0.3 is 4.98 Å². The first kappa shape index (κ1) is 17.0. The predicted molar refractivity (Wildman–Crippen MR) is 115 cm³/mol. The third kappa shape index (κ3) is 2.69. The standard InChI is InChI=1S/C22H13FN6S/c23-18-6-5-17(30-18)21-20-16(7-9-25-21)26-22(27-20)19-14-10-12(3-4-15(14)28-29-19)13-2-1-8-24-11-13/h1-11H,(H,26,27)(H,28,29). The van der Waals surface area contributed by atoms with Gasteiger partial charge in [0.1, 0.15) is 16.9 Å². The molecule has 1 aromatic carbocycles. The van der Waals surface area contributed by atoms with Crippen LogP contribution in [0.3, 0.4) is 0 Å². The van der Waals surface area contributed by atoms with Crippen LogP contribution in [-0.2, 0) is 0 Å². The summed E-state index contributed by atoms with van der Waals surface area (Å²) in [5.74, 6) is 0.630. The molecule has 6 nitrogen and oxygen atoms in total. The molecule has 6 rings (SSSR count). The van der Waals surface area contributed by atoms with E-state index in [4.69, 9.17) is 4.98 Å². The number of fused-ring (bicyclic) bond motifs is 2. The van der Waals surface area contributed by atoms with Crippen LogP contribution in [0.2, 0.25) is 0 Å². The molecule has 0 fully saturated rings. The van der Waals surface area contributed by atoms with Gasteiger partial charge in [-0.05, 0) is 42.0 Å². The summed E-state index contributed by atoms with van der Waals surface area (Å²) in [7, 11) is 0. The van der Waals surface area contributed by atoms with Crippen LogP contribution in [0, 0.1) is 5.13 Å². The van der Waals surface area contributed by atoms with Gasteiger partial charge in [-0.2, -0.15) is 9.49 Å². The van der Waals surface area contributed by atoms with Crippen LogP contribution in [0.1, 0.15) is 0 Å². The summed E-state index contributed by atoms with van der Waals surface area (Å²) < 4.78 is 13.5. The molecule has 0 aliphatic rings. The van der Waals surface area contributed by atoms with Gasteiger partial charge in [0.05, 0.1) is 15.9 Å². The smallest absolute Gasteiger partial charge is 0.177 e. The van der Waals surface area contributed by atoms with Crippen molar-refractivity contribution in [2.24, 2.45) is 0 Å². The van der Waals surface area contributed by atoms with Gasteiger partial charge in [-0.25, -0.2) is 4.98 Å². The number of thiophene rings is 1. The predicted octanol–water partition coefficient (Wildman–Crippen LogP) is 5.43. The molecule has 0 aliphatic carbocycles. The van der Waals surface area contributed by atoms with Crippen LogP contribution in [0.15, 0.2) is 67.1 Å². The van der Waals surface area contributed by atoms with Gasteiger partial charge in [0.2, 0.25) is 0 Å². The summed E-state index contributed by atoms with van der Waals surface area (Å²) in [6.45, 7) is 0. The average molecular weight is 412 g/mol. The molecule has 5 aromatic heterocycles. The lowest BCUT2D eigenvalue weighted by Crippen LogP contribution is -1.83. The fourth-order valence-corrected chi connectivity index (χ4v) is 4.31. The molecule has 0 bridgehead atoms. The van der Waals surface area contributed by atoms with E-state index in [1.807, 2.05) is 36.5 Å². The Hall–Kier alpha value is -3.91. The van der Waals surface area contributed by atoms with Crippen LogP contribution < -0.4 is 0 Å². The first-order chi connectivity index (χ1) is 14.8. The number of aromatic amines is 2. The third-order valence-corrected chi connectivity index (χ3v) is 5.87. The maximum absolute atomic E-state index is 13.5. The highest BCUT2D eigenvalue weighted by molar-refractivity contribution is 7.13. The van der Waals surface area contributed by atoms with Crippen LogP contribution in [0.4, 0.5) is 4.39 Å². The second kappa shape index (κ2) is 6.57. The first-order valence-electron chi connectivity index (χ1n) is 9.25. The summed E-state index contributed by atoms with van der Waals surface area (Å²) in [4.78, 5) is 17.5. The molecule has 6 aromatic rings. The van der Waals surface area contributed by atoms with Gasteiger partial charge in [0, 0.05) is 29.5 Å². The number of benzene rings is 1. The van der Waals surface area contributed by atoms with Crippen molar-refractivity contribution in [2.75, 3.05) is 0 Å². The van der Waals surface area contributed by atoms with Gasteiger partial charge in [0.25, 0.3) is 0 Å². The molecule has 0 aliphatic heterocycles. The van der Waals surface area contributed by atoms with E-state index in [-0.39, 0.29) is 5.13 Å². The van der Waals surface area contributed by atoms with Gasteiger partial charge in [-0.15, -0.1) is 11.3 Å². The molecule has 144 valence electrons. The van der Waals surface area contributed by atoms with E-state index in [1.54, 1.807) is 18.5 Å². The highest BCUT2D eigenvalue weighted by Crippen LogP contribution is 2.34. The number of nitrogens with one attached hydrogen (secondary N) is 2. The van der Waals surface area contributed by atoms with E-state index < -0.39 is 0 Å². The van der Waals surface area contributed by atoms with E-state index in [2.05, 4.69) is 31.2 Å². The van der Waals surface area contributed by atoms with Crippen LogP contribution in [-0.4, -0.2) is 30.1 Å². The Balaban J connectivity index is 1.52. The zero-order chi connectivity index (χ0) is 20.1. The van der Waals surface area contributed by atoms with Crippen LogP contribution in [0.25, 0.3) is 55.2 Å². The molecule has 0 unspecified atom stereocenters. The van der Waals surface area contributed by atoms with E-state index in [0.717, 1.165) is 49.5 Å². The van der Waals surface area contributed by atoms with Crippen LogP contribution in [0.5, 0.6) is 0 Å². The van der Waals surface area contributed by atoms with E-state index in [0.29, 0.717) is 17.0 Å². The Kier molecular flexibility index (Phi) is 3.72. The van der Waals surface area contributed by atoms with Crippen molar-refractivity contribution in [1.29, 1.82) is 0 Å². The van der Waals surface area contributed by atoms with E-state index in [1.165, 1.54) is 6.07 Å². The van der Waals surface area contributed by atoms with Crippen LogP contribution >= 0.6 is 11.3 Å². The van der Waals surface area contributed by atoms with Crippen molar-refractivity contribution < 1.29 is 4.39 Å². The van der Waals surface area contributed by atoms with Crippen molar-refractivity contribution in [3.05, 3.63) is 72.3 Å². The maximum atomic E-state index is 13.5. The number of aromatic nitrogens is 6. The summed E-state index contributed by atoms with van der Waals surface area (Å²) in [5.41, 5.74) is 5.87. The number of rotatable bonds is 3. The number of hydrogen-bond donors (Lipinski definition) is 2. The minimum absolute atomic E-state index is 0.249. The minimum Gasteiger partial charge on any atom is -0.336 e. The molecule has 0 saturated carbocycles. The zero-order valence-corrected chi connectivity index (χ0v) is 16.2. The lowest BCUT2D eigenvalue weighted by atomic mass is 10.0. The Morgan fingerprint density at radius 3 is 2.70 bits per heavy atom. The molecule has 30 heavy (non-hydrogen) atoms. The van der Waals surface area contributed by atoms with E-state index in [9.17, 15) is 4.39 Å². The lowest BCUT2D eigenvalue weighted by molar-refractivity contribution is 0.657.